The molecule has 0 radical (unpaired) electrons. The van der Waals surface area contributed by atoms with E-state index in [2.05, 4.69) is 0 Å². The van der Waals surface area contributed by atoms with Crippen LogP contribution in [0.25, 0.3) is 0 Å². The van der Waals surface area contributed by atoms with Gasteiger partial charge in [-0.05, 0) is 31.5 Å². The van der Waals surface area contributed by atoms with Crippen LogP contribution in [0.15, 0.2) is 24.3 Å². The van der Waals surface area contributed by atoms with E-state index in [1.807, 2.05) is 6.92 Å². The first-order valence-electron chi connectivity index (χ1n) is 5.15. The predicted octanol–water partition coefficient (Wildman–Crippen LogP) is 2.38. The van der Waals surface area contributed by atoms with Gasteiger partial charge in [0.25, 0.3) is 0 Å². The smallest absolute Gasteiger partial charge is 0.168 e. The van der Waals surface area contributed by atoms with Crippen LogP contribution in [0.3, 0.4) is 0 Å². The molecule has 1 aromatic carbocycles. The zero-order valence-electron chi connectivity index (χ0n) is 8.87. The molecule has 1 atom stereocenters. The van der Waals surface area contributed by atoms with Crippen LogP contribution >= 0.6 is 0 Å². The van der Waals surface area contributed by atoms with Crippen molar-refractivity contribution in [1.29, 1.82) is 0 Å². The molecule has 2 nitrogen and oxygen atoms in total. The minimum Gasteiger partial charge on any atom is -0.330 e. The first kappa shape index (κ1) is 11.9. The van der Waals surface area contributed by atoms with E-state index in [-0.39, 0.29) is 17.3 Å². The van der Waals surface area contributed by atoms with Crippen LogP contribution in [-0.2, 0) is 0 Å². The van der Waals surface area contributed by atoms with E-state index in [1.165, 1.54) is 12.1 Å². The summed E-state index contributed by atoms with van der Waals surface area (Å²) in [5, 5.41) is 0. The zero-order valence-corrected chi connectivity index (χ0v) is 8.87. The van der Waals surface area contributed by atoms with Crippen LogP contribution in [0.4, 0.5) is 4.39 Å². The second-order valence-electron chi connectivity index (χ2n) is 3.68. The second-order valence-corrected chi connectivity index (χ2v) is 3.68. The van der Waals surface area contributed by atoms with E-state index in [4.69, 9.17) is 5.73 Å². The highest BCUT2D eigenvalue weighted by Crippen LogP contribution is 2.16. The lowest BCUT2D eigenvalue weighted by Gasteiger charge is -2.09. The third-order valence-electron chi connectivity index (χ3n) is 2.43. The van der Waals surface area contributed by atoms with Crippen molar-refractivity contribution < 1.29 is 9.18 Å². The SMILES string of the molecule is CC(CCCN)C(=O)c1ccccc1F. The monoisotopic (exact) mass is 209 g/mol. The van der Waals surface area contributed by atoms with Crippen molar-refractivity contribution in [3.8, 4) is 0 Å². The van der Waals surface area contributed by atoms with Crippen LogP contribution in [0.5, 0.6) is 0 Å². The van der Waals surface area contributed by atoms with Gasteiger partial charge >= 0.3 is 0 Å². The number of carbonyl (C=O) groups excluding carboxylic acids is 1. The number of halogens is 1. The Labute approximate surface area is 89.3 Å². The molecule has 0 bridgehead atoms. The summed E-state index contributed by atoms with van der Waals surface area (Å²) >= 11 is 0. The van der Waals surface area contributed by atoms with Gasteiger partial charge < -0.3 is 5.73 Å². The standard InChI is InChI=1S/C12H16FNO/c1-9(5-4-8-14)12(15)10-6-2-3-7-11(10)13/h2-3,6-7,9H,4-5,8,14H2,1H3. The molecule has 0 aromatic heterocycles. The molecular weight excluding hydrogens is 193 g/mol. The molecule has 15 heavy (non-hydrogen) atoms. The second kappa shape index (κ2) is 5.61. The zero-order chi connectivity index (χ0) is 11.3. The number of rotatable bonds is 5. The Hall–Kier alpha value is -1.22. The van der Waals surface area contributed by atoms with Crippen LogP contribution in [-0.4, -0.2) is 12.3 Å². The van der Waals surface area contributed by atoms with E-state index in [0.29, 0.717) is 13.0 Å². The molecule has 82 valence electrons. The third kappa shape index (κ3) is 3.13. The molecule has 0 heterocycles. The van der Waals surface area contributed by atoms with Gasteiger partial charge in [-0.3, -0.25) is 4.79 Å². The summed E-state index contributed by atoms with van der Waals surface area (Å²) in [6.45, 7) is 2.37. The fourth-order valence-electron chi connectivity index (χ4n) is 1.48. The average molecular weight is 209 g/mol. The van der Waals surface area contributed by atoms with Gasteiger partial charge in [0, 0.05) is 5.92 Å². The summed E-state index contributed by atoms with van der Waals surface area (Å²) < 4.78 is 13.3. The third-order valence-corrected chi connectivity index (χ3v) is 2.43. The van der Waals surface area contributed by atoms with E-state index < -0.39 is 5.82 Å². The minimum absolute atomic E-state index is 0.137. The Morgan fingerprint density at radius 3 is 2.73 bits per heavy atom. The summed E-state index contributed by atoms with van der Waals surface area (Å²) in [6.07, 6.45) is 1.50. The number of hydrogen-bond donors (Lipinski definition) is 1. The molecule has 1 rings (SSSR count). The fourth-order valence-corrected chi connectivity index (χ4v) is 1.48. The van der Waals surface area contributed by atoms with Crippen LogP contribution in [0, 0.1) is 11.7 Å². The van der Waals surface area contributed by atoms with Crippen molar-refractivity contribution in [2.75, 3.05) is 6.54 Å². The van der Waals surface area contributed by atoms with Gasteiger partial charge in [-0.15, -0.1) is 0 Å². The number of hydrogen-bond acceptors (Lipinski definition) is 2. The van der Waals surface area contributed by atoms with Crippen molar-refractivity contribution in [1.82, 2.24) is 0 Å². The molecule has 0 aliphatic rings. The highest BCUT2D eigenvalue weighted by molar-refractivity contribution is 5.97. The molecule has 0 amide bonds. The van der Waals surface area contributed by atoms with E-state index in [9.17, 15) is 9.18 Å². The molecule has 0 fully saturated rings. The van der Waals surface area contributed by atoms with E-state index in [0.717, 1.165) is 6.42 Å². The van der Waals surface area contributed by atoms with Gasteiger partial charge in [0.15, 0.2) is 5.78 Å². The van der Waals surface area contributed by atoms with Crippen LogP contribution in [0.1, 0.15) is 30.1 Å². The maximum Gasteiger partial charge on any atom is 0.168 e. The molecule has 1 aromatic rings. The summed E-state index contributed by atoms with van der Waals surface area (Å²) in [6, 6.07) is 6.09. The van der Waals surface area contributed by atoms with E-state index in [1.54, 1.807) is 12.1 Å². The Morgan fingerprint density at radius 1 is 1.47 bits per heavy atom. The molecule has 0 saturated carbocycles. The Balaban J connectivity index is 2.72. The molecular formula is C12H16FNO. The van der Waals surface area contributed by atoms with Gasteiger partial charge in [0.05, 0.1) is 5.56 Å². The van der Waals surface area contributed by atoms with Crippen molar-refractivity contribution in [3.05, 3.63) is 35.6 Å². The molecule has 0 aliphatic heterocycles. The highest BCUT2D eigenvalue weighted by Gasteiger charge is 2.17. The maximum atomic E-state index is 13.3. The van der Waals surface area contributed by atoms with Crippen molar-refractivity contribution in [2.45, 2.75) is 19.8 Å². The van der Waals surface area contributed by atoms with Crippen molar-refractivity contribution in [2.24, 2.45) is 11.7 Å². The van der Waals surface area contributed by atoms with Crippen molar-refractivity contribution in [3.63, 3.8) is 0 Å². The Bertz CT molecular complexity index is 338. The number of ketones is 1. The average Bonchev–Trinajstić information content (AvgIpc) is 2.25. The number of carbonyl (C=O) groups is 1. The molecule has 0 aliphatic carbocycles. The van der Waals surface area contributed by atoms with E-state index >= 15 is 0 Å². The summed E-state index contributed by atoms with van der Waals surface area (Å²) in [7, 11) is 0. The molecule has 0 saturated heterocycles. The molecule has 2 N–H and O–H groups in total. The largest absolute Gasteiger partial charge is 0.330 e. The maximum absolute atomic E-state index is 13.3. The summed E-state index contributed by atoms with van der Waals surface area (Å²) in [5.41, 5.74) is 5.54. The number of benzene rings is 1. The molecule has 0 spiro atoms. The lowest BCUT2D eigenvalue weighted by molar-refractivity contribution is 0.0919. The van der Waals surface area contributed by atoms with Gasteiger partial charge in [0.1, 0.15) is 5.82 Å². The number of Topliss-reactive ketones (excluding diaryl/α,β-unsaturated/α-hetero) is 1. The normalized spacial score (nSPS) is 12.5. The predicted molar refractivity (Wildman–Crippen MR) is 58.2 cm³/mol. The summed E-state index contributed by atoms with van der Waals surface area (Å²) in [4.78, 5) is 11.8. The van der Waals surface area contributed by atoms with Gasteiger partial charge in [-0.25, -0.2) is 4.39 Å². The first-order valence-corrected chi connectivity index (χ1v) is 5.15. The van der Waals surface area contributed by atoms with Crippen LogP contribution < -0.4 is 5.73 Å². The molecule has 1 unspecified atom stereocenters. The quantitative estimate of drug-likeness (QED) is 0.756. The first-order chi connectivity index (χ1) is 7.16. The topological polar surface area (TPSA) is 43.1 Å². The lowest BCUT2D eigenvalue weighted by Crippen LogP contribution is -2.14. The Morgan fingerprint density at radius 2 is 2.13 bits per heavy atom. The minimum atomic E-state index is -0.443. The number of nitrogens with two attached hydrogens (primary N) is 1. The van der Waals surface area contributed by atoms with Gasteiger partial charge in [-0.1, -0.05) is 19.1 Å². The van der Waals surface area contributed by atoms with Gasteiger partial charge in [0.2, 0.25) is 0 Å². The summed E-state index contributed by atoms with van der Waals surface area (Å²) in [5.74, 6) is -0.742. The van der Waals surface area contributed by atoms with Crippen LogP contribution in [0.2, 0.25) is 0 Å². The highest BCUT2D eigenvalue weighted by atomic mass is 19.1. The fraction of sp³-hybridized carbons (Fsp3) is 0.417. The van der Waals surface area contributed by atoms with Crippen molar-refractivity contribution >= 4 is 5.78 Å². The Kier molecular flexibility index (Phi) is 4.43. The van der Waals surface area contributed by atoms with Gasteiger partial charge in [-0.2, -0.15) is 0 Å². The molecule has 3 heteroatoms. The lowest BCUT2D eigenvalue weighted by atomic mass is 9.95.